The lowest BCUT2D eigenvalue weighted by Crippen LogP contribution is -2.10. The number of thiophene rings is 2. The Bertz CT molecular complexity index is 3190. The van der Waals surface area contributed by atoms with E-state index in [4.69, 9.17) is 0 Å². The van der Waals surface area contributed by atoms with Crippen molar-refractivity contribution in [3.05, 3.63) is 200 Å². The fraction of sp³-hybridized carbons (Fsp3) is 0. The lowest BCUT2D eigenvalue weighted by molar-refractivity contribution is 1.28. The molecule has 0 unspecified atom stereocenters. The van der Waals surface area contributed by atoms with Gasteiger partial charge in [-0.2, -0.15) is 0 Å². The second-order valence-electron chi connectivity index (χ2n) is 14.1. The minimum absolute atomic E-state index is 1.11. The van der Waals surface area contributed by atoms with Crippen LogP contribution in [0.5, 0.6) is 0 Å². The van der Waals surface area contributed by atoms with Crippen LogP contribution >= 0.6 is 22.7 Å². The number of benzene rings is 9. The van der Waals surface area contributed by atoms with Crippen LogP contribution in [0.3, 0.4) is 0 Å². The van der Waals surface area contributed by atoms with E-state index in [0.29, 0.717) is 0 Å². The molecule has 0 bridgehead atoms. The zero-order chi connectivity index (χ0) is 36.3. The number of hydrogen-bond donors (Lipinski definition) is 0. The van der Waals surface area contributed by atoms with Gasteiger partial charge in [0, 0.05) is 57.4 Å². The average Bonchev–Trinajstić information content (AvgIpc) is 3.84. The van der Waals surface area contributed by atoms with Crippen molar-refractivity contribution in [3.8, 4) is 33.4 Å². The lowest BCUT2D eigenvalue weighted by atomic mass is 9.95. The highest BCUT2D eigenvalue weighted by molar-refractivity contribution is 7.27. The highest BCUT2D eigenvalue weighted by Crippen LogP contribution is 2.46. The van der Waals surface area contributed by atoms with Crippen LogP contribution in [-0.4, -0.2) is 0 Å². The largest absolute Gasteiger partial charge is 0.310 e. The fourth-order valence-corrected chi connectivity index (χ4v) is 10.7. The molecule has 0 aliphatic carbocycles. The second-order valence-corrected chi connectivity index (χ2v) is 16.2. The fourth-order valence-electron chi connectivity index (χ4n) is 8.25. The minimum atomic E-state index is 1.11. The molecule has 0 aliphatic rings. The number of hydrogen-bond acceptors (Lipinski definition) is 3. The Morgan fingerprint density at radius 2 is 0.873 bits per heavy atom. The van der Waals surface area contributed by atoms with E-state index in [1.165, 1.54) is 84.5 Å². The highest BCUT2D eigenvalue weighted by Gasteiger charge is 2.18. The number of anilines is 3. The topological polar surface area (TPSA) is 3.24 Å². The van der Waals surface area contributed by atoms with Crippen molar-refractivity contribution < 1.29 is 0 Å². The molecular weight excluding hydrogens is 703 g/mol. The lowest BCUT2D eigenvalue weighted by Gasteiger charge is -2.26. The van der Waals surface area contributed by atoms with Crippen LogP contribution < -0.4 is 4.90 Å². The molecule has 2 aromatic heterocycles. The highest BCUT2D eigenvalue weighted by atomic mass is 32.1. The summed E-state index contributed by atoms with van der Waals surface area (Å²) in [5.74, 6) is 0. The van der Waals surface area contributed by atoms with E-state index in [2.05, 4.69) is 205 Å². The Labute approximate surface area is 327 Å². The van der Waals surface area contributed by atoms with E-state index in [9.17, 15) is 0 Å². The molecule has 0 aliphatic heterocycles. The molecule has 0 radical (unpaired) electrons. The van der Waals surface area contributed by atoms with Gasteiger partial charge in [-0.1, -0.05) is 146 Å². The molecule has 2 heterocycles. The van der Waals surface area contributed by atoms with Gasteiger partial charge in [0.05, 0.1) is 0 Å². The van der Waals surface area contributed by atoms with Crippen molar-refractivity contribution >= 4 is 90.9 Å². The van der Waals surface area contributed by atoms with Crippen LogP contribution in [0.2, 0.25) is 0 Å². The summed E-state index contributed by atoms with van der Waals surface area (Å²) in [7, 11) is 0. The van der Waals surface area contributed by atoms with Crippen molar-refractivity contribution in [2.75, 3.05) is 4.90 Å². The summed E-state index contributed by atoms with van der Waals surface area (Å²) in [5, 5.41) is 7.87. The van der Waals surface area contributed by atoms with Gasteiger partial charge in [0.25, 0.3) is 0 Å². The molecule has 11 rings (SSSR count). The van der Waals surface area contributed by atoms with E-state index in [0.717, 1.165) is 17.1 Å². The van der Waals surface area contributed by atoms with Crippen molar-refractivity contribution in [1.29, 1.82) is 0 Å². The van der Waals surface area contributed by atoms with Crippen LogP contribution in [-0.2, 0) is 0 Å². The van der Waals surface area contributed by atoms with E-state index >= 15 is 0 Å². The number of nitrogens with zero attached hydrogens (tertiary/aromatic N) is 1. The van der Waals surface area contributed by atoms with Gasteiger partial charge < -0.3 is 4.90 Å². The SMILES string of the molecule is c1ccc(-c2ccc(N(c3ccc(-c4cc5ccccc5c5sc6ccccc6c45)cc3)c3cccc(-c4cccc5c4sc4ccccc45)c3)cc2)cc1. The average molecular weight is 736 g/mol. The van der Waals surface area contributed by atoms with Gasteiger partial charge in [-0.15, -0.1) is 22.7 Å². The van der Waals surface area contributed by atoms with E-state index in [1.807, 2.05) is 22.7 Å². The molecule has 0 saturated heterocycles. The molecule has 9 aromatic carbocycles. The second kappa shape index (κ2) is 13.1. The van der Waals surface area contributed by atoms with Gasteiger partial charge in [-0.05, 0) is 98.8 Å². The summed E-state index contributed by atoms with van der Waals surface area (Å²) in [6, 6.07) is 73.3. The number of rotatable bonds is 6. The first-order chi connectivity index (χ1) is 27.3. The molecule has 11 aromatic rings. The normalized spacial score (nSPS) is 11.6. The van der Waals surface area contributed by atoms with Crippen molar-refractivity contribution in [1.82, 2.24) is 0 Å². The summed E-state index contributed by atoms with van der Waals surface area (Å²) in [6.07, 6.45) is 0. The molecule has 0 N–H and O–H groups in total. The quantitative estimate of drug-likeness (QED) is 0.164. The molecule has 0 saturated carbocycles. The summed E-state index contributed by atoms with van der Waals surface area (Å²) >= 11 is 3.77. The zero-order valence-electron chi connectivity index (χ0n) is 29.8. The summed E-state index contributed by atoms with van der Waals surface area (Å²) in [4.78, 5) is 2.39. The minimum Gasteiger partial charge on any atom is -0.310 e. The molecule has 0 fully saturated rings. The third kappa shape index (κ3) is 5.43. The van der Waals surface area contributed by atoms with E-state index in [1.54, 1.807) is 0 Å². The smallest absolute Gasteiger partial charge is 0.0467 e. The Morgan fingerprint density at radius 1 is 0.309 bits per heavy atom. The third-order valence-corrected chi connectivity index (χ3v) is 13.3. The predicted octanol–water partition coefficient (Wildman–Crippen LogP) is 16.0. The van der Waals surface area contributed by atoms with Crippen molar-refractivity contribution in [2.24, 2.45) is 0 Å². The van der Waals surface area contributed by atoms with Crippen molar-refractivity contribution in [2.45, 2.75) is 0 Å². The predicted molar refractivity (Wildman–Crippen MR) is 241 cm³/mol. The summed E-state index contributed by atoms with van der Waals surface area (Å²) in [5.41, 5.74) is 10.7. The van der Waals surface area contributed by atoms with Crippen LogP contribution in [0.15, 0.2) is 200 Å². The molecule has 0 spiro atoms. The van der Waals surface area contributed by atoms with E-state index in [-0.39, 0.29) is 0 Å². The van der Waals surface area contributed by atoms with Crippen LogP contribution in [0, 0.1) is 0 Å². The third-order valence-electron chi connectivity index (χ3n) is 10.9. The Morgan fingerprint density at radius 3 is 1.65 bits per heavy atom. The molecule has 0 amide bonds. The maximum absolute atomic E-state index is 2.39. The first-order valence-corrected chi connectivity index (χ1v) is 20.3. The molecule has 0 atom stereocenters. The van der Waals surface area contributed by atoms with Gasteiger partial charge in [0.1, 0.15) is 0 Å². The van der Waals surface area contributed by atoms with Crippen LogP contribution in [0.1, 0.15) is 0 Å². The molecular formula is C52H33NS2. The first-order valence-electron chi connectivity index (χ1n) is 18.7. The maximum Gasteiger partial charge on any atom is 0.0467 e. The first kappa shape index (κ1) is 32.0. The standard InChI is InChI=1S/C52H33NS2/c1-2-12-34(13-3-1)35-24-28-39(29-25-35)53(41-16-10-15-37(32-41)42-20-11-21-45-44-18-6-8-22-48(44)54-51(42)45)40-30-26-36(27-31-40)47-33-38-14-4-5-17-43(38)52-50(47)46-19-7-9-23-49(46)55-52/h1-33H. The Hall–Kier alpha value is -6.52. The van der Waals surface area contributed by atoms with Gasteiger partial charge in [0.15, 0.2) is 0 Å². The van der Waals surface area contributed by atoms with Crippen LogP contribution in [0.4, 0.5) is 17.1 Å². The summed E-state index contributed by atoms with van der Waals surface area (Å²) in [6.45, 7) is 0. The van der Waals surface area contributed by atoms with Crippen LogP contribution in [0.25, 0.3) is 84.5 Å². The van der Waals surface area contributed by atoms with Crippen molar-refractivity contribution in [3.63, 3.8) is 0 Å². The van der Waals surface area contributed by atoms with E-state index < -0.39 is 0 Å². The Balaban J connectivity index is 1.06. The molecule has 258 valence electrons. The maximum atomic E-state index is 2.39. The van der Waals surface area contributed by atoms with Gasteiger partial charge in [-0.25, -0.2) is 0 Å². The molecule has 1 nitrogen and oxygen atoms in total. The van der Waals surface area contributed by atoms with Gasteiger partial charge in [0.2, 0.25) is 0 Å². The monoisotopic (exact) mass is 735 g/mol. The molecule has 3 heteroatoms. The zero-order valence-corrected chi connectivity index (χ0v) is 31.4. The van der Waals surface area contributed by atoms with Gasteiger partial charge in [-0.3, -0.25) is 0 Å². The summed E-state index contributed by atoms with van der Waals surface area (Å²) < 4.78 is 5.32. The van der Waals surface area contributed by atoms with Gasteiger partial charge >= 0.3 is 0 Å². The Kier molecular flexibility index (Phi) is 7.61. The molecule has 55 heavy (non-hydrogen) atoms. The number of fused-ring (bicyclic) bond motifs is 8.